The maximum Gasteiger partial charge on any atom is 0.151 e. The van der Waals surface area contributed by atoms with Gasteiger partial charge in [0, 0.05) is 50.6 Å². The highest BCUT2D eigenvalue weighted by Gasteiger charge is 2.20. The number of hydrogen-bond donors (Lipinski definition) is 0. The lowest BCUT2D eigenvalue weighted by Crippen LogP contribution is -2.31. The fraction of sp³-hybridized carbons (Fsp3) is 0.412. The van der Waals surface area contributed by atoms with Gasteiger partial charge in [-0.2, -0.15) is 5.10 Å². The Bertz CT molecular complexity index is 852. The number of rotatable bonds is 4. The topological polar surface area (TPSA) is 72.9 Å². The molecular weight excluding hydrogens is 304 g/mol. The van der Waals surface area contributed by atoms with Gasteiger partial charge in [0.15, 0.2) is 5.76 Å². The standard InChI is InChI=1S/C17H20N6O/c1-3-17-18-7-12-4-5-23(11-16(12)20-17)10-14-6-15(21-24-14)13-8-19-22(2)9-13/h6-9H,3-5,10-11H2,1-2H3. The van der Waals surface area contributed by atoms with Crippen molar-refractivity contribution in [3.8, 4) is 11.3 Å². The average Bonchev–Trinajstić information content (AvgIpc) is 3.23. The van der Waals surface area contributed by atoms with Crippen LogP contribution in [0.2, 0.25) is 0 Å². The molecule has 3 aromatic rings. The van der Waals surface area contributed by atoms with E-state index in [9.17, 15) is 0 Å². The van der Waals surface area contributed by atoms with E-state index >= 15 is 0 Å². The molecule has 0 aliphatic carbocycles. The van der Waals surface area contributed by atoms with Crippen LogP contribution in [0.5, 0.6) is 0 Å². The molecule has 0 fully saturated rings. The Morgan fingerprint density at radius 3 is 3.00 bits per heavy atom. The molecule has 24 heavy (non-hydrogen) atoms. The van der Waals surface area contributed by atoms with Gasteiger partial charge in [0.05, 0.1) is 18.4 Å². The van der Waals surface area contributed by atoms with Gasteiger partial charge in [-0.25, -0.2) is 9.97 Å². The average molecular weight is 324 g/mol. The second kappa shape index (κ2) is 6.16. The number of fused-ring (bicyclic) bond motifs is 1. The highest BCUT2D eigenvalue weighted by Crippen LogP contribution is 2.22. The Morgan fingerprint density at radius 2 is 2.21 bits per heavy atom. The van der Waals surface area contributed by atoms with Crippen molar-refractivity contribution in [3.05, 3.63) is 47.5 Å². The van der Waals surface area contributed by atoms with Crippen LogP contribution in [0.1, 0.15) is 29.8 Å². The number of aromatic nitrogens is 5. The highest BCUT2D eigenvalue weighted by molar-refractivity contribution is 5.56. The van der Waals surface area contributed by atoms with Crippen LogP contribution in [-0.4, -0.2) is 36.3 Å². The van der Waals surface area contributed by atoms with Crippen molar-refractivity contribution in [2.75, 3.05) is 6.54 Å². The normalized spacial score (nSPS) is 14.8. The van der Waals surface area contributed by atoms with Gasteiger partial charge in [0.1, 0.15) is 11.5 Å². The largest absolute Gasteiger partial charge is 0.359 e. The van der Waals surface area contributed by atoms with E-state index in [0.717, 1.165) is 61.0 Å². The third-order valence-corrected chi connectivity index (χ3v) is 4.33. The van der Waals surface area contributed by atoms with Gasteiger partial charge < -0.3 is 4.52 Å². The zero-order chi connectivity index (χ0) is 16.5. The molecule has 4 heterocycles. The van der Waals surface area contributed by atoms with E-state index in [1.54, 1.807) is 10.9 Å². The van der Waals surface area contributed by atoms with Crippen LogP contribution in [0, 0.1) is 0 Å². The fourth-order valence-corrected chi connectivity index (χ4v) is 3.00. The summed E-state index contributed by atoms with van der Waals surface area (Å²) in [5, 5.41) is 8.33. The quantitative estimate of drug-likeness (QED) is 0.731. The molecule has 4 rings (SSSR count). The van der Waals surface area contributed by atoms with E-state index in [4.69, 9.17) is 4.52 Å². The SMILES string of the molecule is CCc1ncc2c(n1)CN(Cc1cc(-c3cnn(C)c3)no1)CC2. The Kier molecular flexibility index (Phi) is 3.86. The Hall–Kier alpha value is -2.54. The highest BCUT2D eigenvalue weighted by atomic mass is 16.5. The molecule has 0 radical (unpaired) electrons. The summed E-state index contributed by atoms with van der Waals surface area (Å²) in [5.74, 6) is 1.77. The summed E-state index contributed by atoms with van der Waals surface area (Å²) in [6.07, 6.45) is 7.55. The van der Waals surface area contributed by atoms with Crippen LogP contribution in [0.3, 0.4) is 0 Å². The Balaban J connectivity index is 1.47. The van der Waals surface area contributed by atoms with E-state index < -0.39 is 0 Å². The van der Waals surface area contributed by atoms with Crippen molar-refractivity contribution < 1.29 is 4.52 Å². The maximum atomic E-state index is 5.50. The van der Waals surface area contributed by atoms with Crippen molar-refractivity contribution in [1.29, 1.82) is 0 Å². The zero-order valence-electron chi connectivity index (χ0n) is 13.9. The summed E-state index contributed by atoms with van der Waals surface area (Å²) in [6.45, 7) is 4.62. The Labute approximate surface area is 140 Å². The lowest BCUT2D eigenvalue weighted by molar-refractivity contribution is 0.211. The molecule has 0 spiro atoms. The first-order chi connectivity index (χ1) is 11.7. The predicted octanol–water partition coefficient (Wildman–Crippen LogP) is 1.99. The maximum absolute atomic E-state index is 5.50. The van der Waals surface area contributed by atoms with E-state index in [-0.39, 0.29) is 0 Å². The van der Waals surface area contributed by atoms with E-state index in [0.29, 0.717) is 0 Å². The lowest BCUT2D eigenvalue weighted by Gasteiger charge is -2.26. The first-order valence-electron chi connectivity index (χ1n) is 8.22. The molecule has 0 saturated heterocycles. The molecule has 124 valence electrons. The minimum atomic E-state index is 0.734. The van der Waals surface area contributed by atoms with Crippen molar-refractivity contribution in [1.82, 2.24) is 29.8 Å². The minimum absolute atomic E-state index is 0.734. The summed E-state index contributed by atoms with van der Waals surface area (Å²) in [7, 11) is 1.89. The van der Waals surface area contributed by atoms with Crippen molar-refractivity contribution in [2.24, 2.45) is 7.05 Å². The van der Waals surface area contributed by atoms with Crippen LogP contribution in [0.4, 0.5) is 0 Å². The van der Waals surface area contributed by atoms with Gasteiger partial charge in [-0.15, -0.1) is 0 Å². The molecule has 7 nitrogen and oxygen atoms in total. The van der Waals surface area contributed by atoms with Crippen molar-refractivity contribution >= 4 is 0 Å². The second-order valence-corrected chi connectivity index (χ2v) is 6.15. The van der Waals surface area contributed by atoms with Crippen LogP contribution in [0.15, 0.2) is 29.2 Å². The third kappa shape index (κ3) is 2.94. The first-order valence-corrected chi connectivity index (χ1v) is 8.22. The minimum Gasteiger partial charge on any atom is -0.359 e. The molecule has 1 aliphatic heterocycles. The van der Waals surface area contributed by atoms with Gasteiger partial charge in [-0.3, -0.25) is 9.58 Å². The van der Waals surface area contributed by atoms with Crippen LogP contribution in [-0.2, 0) is 33.0 Å². The molecular formula is C17H20N6O. The number of aryl methyl sites for hydroxylation is 2. The smallest absolute Gasteiger partial charge is 0.151 e. The van der Waals surface area contributed by atoms with Crippen molar-refractivity contribution in [3.63, 3.8) is 0 Å². The van der Waals surface area contributed by atoms with Gasteiger partial charge in [0.25, 0.3) is 0 Å². The van der Waals surface area contributed by atoms with Gasteiger partial charge >= 0.3 is 0 Å². The first kappa shape index (κ1) is 15.0. The number of hydrogen-bond acceptors (Lipinski definition) is 6. The summed E-state index contributed by atoms with van der Waals surface area (Å²) in [5.41, 5.74) is 4.19. The molecule has 0 atom stereocenters. The zero-order valence-corrected chi connectivity index (χ0v) is 13.9. The third-order valence-electron chi connectivity index (χ3n) is 4.33. The molecule has 0 bridgehead atoms. The summed E-state index contributed by atoms with van der Waals surface area (Å²) < 4.78 is 7.26. The molecule has 0 saturated carbocycles. The molecule has 0 unspecified atom stereocenters. The molecule has 0 aromatic carbocycles. The van der Waals surface area contributed by atoms with Crippen LogP contribution >= 0.6 is 0 Å². The number of nitrogens with zero attached hydrogens (tertiary/aromatic N) is 6. The summed E-state index contributed by atoms with van der Waals surface area (Å²) >= 11 is 0. The van der Waals surface area contributed by atoms with Gasteiger partial charge in [-0.1, -0.05) is 12.1 Å². The molecule has 7 heteroatoms. The van der Waals surface area contributed by atoms with E-state index in [1.807, 2.05) is 25.5 Å². The van der Waals surface area contributed by atoms with Gasteiger partial charge in [-0.05, 0) is 12.0 Å². The lowest BCUT2D eigenvalue weighted by atomic mass is 10.1. The molecule has 1 aliphatic rings. The van der Waals surface area contributed by atoms with E-state index in [1.165, 1.54) is 5.56 Å². The molecule has 3 aromatic heterocycles. The summed E-state index contributed by atoms with van der Waals surface area (Å²) in [6, 6.07) is 1.99. The summed E-state index contributed by atoms with van der Waals surface area (Å²) in [4.78, 5) is 11.4. The van der Waals surface area contributed by atoms with E-state index in [2.05, 4.69) is 32.0 Å². The van der Waals surface area contributed by atoms with Crippen molar-refractivity contribution in [2.45, 2.75) is 32.9 Å². The van der Waals surface area contributed by atoms with Crippen LogP contribution < -0.4 is 0 Å². The van der Waals surface area contributed by atoms with Gasteiger partial charge in [0.2, 0.25) is 0 Å². The second-order valence-electron chi connectivity index (χ2n) is 6.15. The Morgan fingerprint density at radius 1 is 1.29 bits per heavy atom. The molecule has 0 N–H and O–H groups in total. The monoisotopic (exact) mass is 324 g/mol. The van der Waals surface area contributed by atoms with Crippen LogP contribution in [0.25, 0.3) is 11.3 Å². The fourth-order valence-electron chi connectivity index (χ4n) is 3.00. The molecule has 0 amide bonds. The predicted molar refractivity (Wildman–Crippen MR) is 87.9 cm³/mol.